The Bertz CT molecular complexity index is 582. The summed E-state index contributed by atoms with van der Waals surface area (Å²) in [7, 11) is 0. The van der Waals surface area contributed by atoms with Crippen LogP contribution in [0, 0.1) is 11.3 Å². The molecule has 0 saturated heterocycles. The van der Waals surface area contributed by atoms with Crippen molar-refractivity contribution in [2.24, 2.45) is 0 Å². The third-order valence-corrected chi connectivity index (χ3v) is 3.17. The molecule has 0 bridgehead atoms. The van der Waals surface area contributed by atoms with Crippen LogP contribution in [-0.4, -0.2) is 12.6 Å². The fourth-order valence-electron chi connectivity index (χ4n) is 2.14. The Morgan fingerprint density at radius 3 is 2.20 bits per heavy atom. The molecule has 1 unspecified atom stereocenters. The molecule has 2 rings (SSSR count). The molecule has 0 aromatic heterocycles. The second-order valence-electron chi connectivity index (χ2n) is 4.47. The minimum atomic E-state index is -0.261. The number of para-hydroxylation sites is 1. The van der Waals surface area contributed by atoms with E-state index in [1.807, 2.05) is 72.8 Å². The third kappa shape index (κ3) is 3.49. The van der Waals surface area contributed by atoms with Gasteiger partial charge in [0.1, 0.15) is 6.04 Å². The first kappa shape index (κ1) is 13.9. The first-order valence-electron chi connectivity index (χ1n) is 6.79. The standard InChI is InChI=1S/C18H18N2/c1-2-20(17-11-7-4-8-12-17)18(15-19)14-13-16-9-5-3-6-10-16/h3-14,18H,2H2,1H3/b14-13+. The van der Waals surface area contributed by atoms with Gasteiger partial charge in [-0.25, -0.2) is 0 Å². The molecule has 0 radical (unpaired) electrons. The van der Waals surface area contributed by atoms with Crippen LogP contribution in [0.25, 0.3) is 6.08 Å². The maximum Gasteiger partial charge on any atom is 0.136 e. The highest BCUT2D eigenvalue weighted by Crippen LogP contribution is 2.17. The van der Waals surface area contributed by atoms with Crippen molar-refractivity contribution in [3.63, 3.8) is 0 Å². The smallest absolute Gasteiger partial charge is 0.136 e. The van der Waals surface area contributed by atoms with Gasteiger partial charge in [0.25, 0.3) is 0 Å². The third-order valence-electron chi connectivity index (χ3n) is 3.17. The number of nitriles is 1. The van der Waals surface area contributed by atoms with Gasteiger partial charge in [-0.1, -0.05) is 54.6 Å². The molecule has 0 heterocycles. The van der Waals surface area contributed by atoms with E-state index >= 15 is 0 Å². The topological polar surface area (TPSA) is 27.0 Å². The molecular weight excluding hydrogens is 244 g/mol. The molecule has 0 aliphatic carbocycles. The zero-order valence-electron chi connectivity index (χ0n) is 11.6. The van der Waals surface area contributed by atoms with Crippen molar-refractivity contribution in [1.82, 2.24) is 0 Å². The number of rotatable bonds is 5. The summed E-state index contributed by atoms with van der Waals surface area (Å²) in [5.41, 5.74) is 2.18. The van der Waals surface area contributed by atoms with Crippen LogP contribution in [0.3, 0.4) is 0 Å². The van der Waals surface area contributed by atoms with Crippen LogP contribution in [0.15, 0.2) is 66.7 Å². The van der Waals surface area contributed by atoms with E-state index in [0.717, 1.165) is 17.8 Å². The molecule has 2 nitrogen and oxygen atoms in total. The van der Waals surface area contributed by atoms with E-state index in [-0.39, 0.29) is 6.04 Å². The number of hydrogen-bond acceptors (Lipinski definition) is 2. The Morgan fingerprint density at radius 1 is 1.05 bits per heavy atom. The number of benzene rings is 2. The minimum Gasteiger partial charge on any atom is -0.353 e. The molecular formula is C18H18N2. The van der Waals surface area contributed by atoms with E-state index < -0.39 is 0 Å². The molecule has 0 fully saturated rings. The van der Waals surface area contributed by atoms with Crippen molar-refractivity contribution in [1.29, 1.82) is 5.26 Å². The Hall–Kier alpha value is -2.53. The SMILES string of the molecule is CCN(c1ccccc1)C(C#N)/C=C/c1ccccc1. The highest BCUT2D eigenvalue weighted by molar-refractivity contribution is 5.55. The molecule has 20 heavy (non-hydrogen) atoms. The first-order chi connectivity index (χ1) is 9.85. The second-order valence-corrected chi connectivity index (χ2v) is 4.47. The lowest BCUT2D eigenvalue weighted by molar-refractivity contribution is 0.821. The van der Waals surface area contributed by atoms with Crippen molar-refractivity contribution in [2.75, 3.05) is 11.4 Å². The minimum absolute atomic E-state index is 0.261. The largest absolute Gasteiger partial charge is 0.353 e. The van der Waals surface area contributed by atoms with Gasteiger partial charge in [0.15, 0.2) is 0 Å². The molecule has 0 saturated carbocycles. The zero-order chi connectivity index (χ0) is 14.2. The lowest BCUT2D eigenvalue weighted by Crippen LogP contribution is -2.32. The van der Waals surface area contributed by atoms with Crippen molar-refractivity contribution >= 4 is 11.8 Å². The van der Waals surface area contributed by atoms with Crippen molar-refractivity contribution in [3.8, 4) is 6.07 Å². The molecule has 0 spiro atoms. The lowest BCUT2D eigenvalue weighted by Gasteiger charge is -2.26. The van der Waals surface area contributed by atoms with Gasteiger partial charge >= 0.3 is 0 Å². The van der Waals surface area contributed by atoms with Crippen LogP contribution in [0.4, 0.5) is 5.69 Å². The van der Waals surface area contributed by atoms with Crippen LogP contribution >= 0.6 is 0 Å². The maximum atomic E-state index is 9.42. The average Bonchev–Trinajstić information content (AvgIpc) is 2.53. The van der Waals surface area contributed by atoms with Crippen LogP contribution in [-0.2, 0) is 0 Å². The van der Waals surface area contributed by atoms with Crippen LogP contribution < -0.4 is 4.90 Å². The normalized spacial score (nSPS) is 12.0. The molecule has 0 aliphatic heterocycles. The molecule has 0 amide bonds. The molecule has 0 N–H and O–H groups in total. The van der Waals surface area contributed by atoms with E-state index in [1.54, 1.807) is 0 Å². The summed E-state index contributed by atoms with van der Waals surface area (Å²) >= 11 is 0. The van der Waals surface area contributed by atoms with E-state index in [2.05, 4.69) is 17.9 Å². The fourth-order valence-corrected chi connectivity index (χ4v) is 2.14. The first-order valence-corrected chi connectivity index (χ1v) is 6.79. The number of anilines is 1. The van der Waals surface area contributed by atoms with Crippen molar-refractivity contribution < 1.29 is 0 Å². The predicted molar refractivity (Wildman–Crippen MR) is 84.3 cm³/mol. The van der Waals surface area contributed by atoms with Gasteiger partial charge in [0.2, 0.25) is 0 Å². The molecule has 2 aromatic carbocycles. The number of likely N-dealkylation sites (N-methyl/N-ethyl adjacent to an activating group) is 1. The zero-order valence-corrected chi connectivity index (χ0v) is 11.6. The Balaban J connectivity index is 2.19. The lowest BCUT2D eigenvalue weighted by atomic mass is 10.1. The van der Waals surface area contributed by atoms with Gasteiger partial charge in [-0.05, 0) is 30.7 Å². The molecule has 100 valence electrons. The molecule has 0 aliphatic rings. The van der Waals surface area contributed by atoms with Crippen LogP contribution in [0.1, 0.15) is 12.5 Å². The van der Waals surface area contributed by atoms with E-state index in [9.17, 15) is 5.26 Å². The Labute approximate surface area is 120 Å². The number of nitrogens with zero attached hydrogens (tertiary/aromatic N) is 2. The summed E-state index contributed by atoms with van der Waals surface area (Å²) in [6.07, 6.45) is 3.95. The second kappa shape index (κ2) is 7.16. The summed E-state index contributed by atoms with van der Waals surface area (Å²) in [4.78, 5) is 2.08. The van der Waals surface area contributed by atoms with Gasteiger partial charge < -0.3 is 4.90 Å². The highest BCUT2D eigenvalue weighted by atomic mass is 15.1. The fraction of sp³-hybridized carbons (Fsp3) is 0.167. The van der Waals surface area contributed by atoms with Crippen molar-refractivity contribution in [2.45, 2.75) is 13.0 Å². The molecule has 2 heteroatoms. The highest BCUT2D eigenvalue weighted by Gasteiger charge is 2.13. The quantitative estimate of drug-likeness (QED) is 0.810. The summed E-state index contributed by atoms with van der Waals surface area (Å²) < 4.78 is 0. The number of hydrogen-bond donors (Lipinski definition) is 0. The van der Waals surface area contributed by atoms with Gasteiger partial charge in [0.05, 0.1) is 6.07 Å². The van der Waals surface area contributed by atoms with Gasteiger partial charge in [-0.3, -0.25) is 0 Å². The van der Waals surface area contributed by atoms with E-state index in [1.165, 1.54) is 0 Å². The maximum absolute atomic E-state index is 9.42. The average molecular weight is 262 g/mol. The Kier molecular flexibility index (Phi) is 4.97. The molecule has 1 atom stereocenters. The van der Waals surface area contributed by atoms with Crippen LogP contribution in [0.2, 0.25) is 0 Å². The van der Waals surface area contributed by atoms with Gasteiger partial charge in [-0.15, -0.1) is 0 Å². The van der Waals surface area contributed by atoms with E-state index in [4.69, 9.17) is 0 Å². The Morgan fingerprint density at radius 2 is 1.65 bits per heavy atom. The summed E-state index contributed by atoms with van der Waals surface area (Å²) in [6.45, 7) is 2.86. The van der Waals surface area contributed by atoms with Gasteiger partial charge in [0, 0.05) is 12.2 Å². The summed E-state index contributed by atoms with van der Waals surface area (Å²) in [5.74, 6) is 0. The van der Waals surface area contributed by atoms with Crippen LogP contribution in [0.5, 0.6) is 0 Å². The van der Waals surface area contributed by atoms with E-state index in [0.29, 0.717) is 0 Å². The summed E-state index contributed by atoms with van der Waals surface area (Å²) in [5, 5.41) is 9.42. The molecule has 2 aromatic rings. The summed E-state index contributed by atoms with van der Waals surface area (Å²) in [6, 6.07) is 22.2. The monoisotopic (exact) mass is 262 g/mol. The van der Waals surface area contributed by atoms with Gasteiger partial charge in [-0.2, -0.15) is 5.26 Å². The van der Waals surface area contributed by atoms with Crippen molar-refractivity contribution in [3.05, 3.63) is 72.3 Å². The predicted octanol–water partition coefficient (Wildman–Crippen LogP) is 4.12.